The number of oxazole rings is 1. The normalized spacial score (nSPS) is 11.6. The monoisotopic (exact) mass is 411 g/mol. The first-order chi connectivity index (χ1) is 14.3. The fourth-order valence-electron chi connectivity index (χ4n) is 3.79. The molecule has 6 rings (SSSR count). The Morgan fingerprint density at radius 1 is 0.759 bits per heavy atom. The van der Waals surface area contributed by atoms with Gasteiger partial charge in [0, 0.05) is 21.0 Å². The molecule has 0 amide bonds. The van der Waals surface area contributed by atoms with Crippen LogP contribution in [0.1, 0.15) is 0 Å². The molecule has 0 aliphatic heterocycles. The summed E-state index contributed by atoms with van der Waals surface area (Å²) in [6.07, 6.45) is 0. The highest BCUT2D eigenvalue weighted by Gasteiger charge is 2.17. The predicted octanol–water partition coefficient (Wildman–Crippen LogP) is 8.18. The molecule has 2 nitrogen and oxygen atoms in total. The van der Waals surface area contributed by atoms with Crippen LogP contribution in [0.5, 0.6) is 0 Å². The Bertz CT molecular complexity index is 1500. The lowest BCUT2D eigenvalue weighted by atomic mass is 10.0. The van der Waals surface area contributed by atoms with Gasteiger partial charge in [0.05, 0.1) is 9.72 Å². The molecule has 0 fully saturated rings. The van der Waals surface area contributed by atoms with Crippen molar-refractivity contribution in [2.75, 3.05) is 0 Å². The highest BCUT2D eigenvalue weighted by molar-refractivity contribution is 7.26. The fourth-order valence-corrected chi connectivity index (χ4v) is 5.21. The number of halogens is 1. The molecule has 6 aromatic rings. The van der Waals surface area contributed by atoms with E-state index in [4.69, 9.17) is 21.0 Å². The second-order valence-corrected chi connectivity index (χ2v) is 8.43. The number of hydrogen-bond donors (Lipinski definition) is 0. The maximum Gasteiger partial charge on any atom is 0.227 e. The average Bonchev–Trinajstić information content (AvgIpc) is 3.36. The third-order valence-corrected chi connectivity index (χ3v) is 6.81. The van der Waals surface area contributed by atoms with Crippen molar-refractivity contribution in [3.8, 4) is 22.6 Å². The van der Waals surface area contributed by atoms with E-state index in [2.05, 4.69) is 48.5 Å². The number of nitrogens with zero attached hydrogens (tertiary/aromatic N) is 1. The van der Waals surface area contributed by atoms with E-state index in [1.54, 1.807) is 11.3 Å². The van der Waals surface area contributed by atoms with Crippen molar-refractivity contribution in [2.45, 2.75) is 0 Å². The summed E-state index contributed by atoms with van der Waals surface area (Å²) in [5, 5.41) is 2.92. The maximum absolute atomic E-state index is 6.58. The maximum atomic E-state index is 6.58. The van der Waals surface area contributed by atoms with Crippen LogP contribution in [0, 0.1) is 0 Å². The van der Waals surface area contributed by atoms with Gasteiger partial charge in [-0.05, 0) is 35.4 Å². The van der Waals surface area contributed by atoms with Crippen LogP contribution in [0.3, 0.4) is 0 Å². The molecule has 0 unspecified atom stereocenters. The highest BCUT2D eigenvalue weighted by Crippen LogP contribution is 2.43. The van der Waals surface area contributed by atoms with E-state index in [9.17, 15) is 0 Å². The third kappa shape index (κ3) is 2.66. The minimum absolute atomic E-state index is 0.610. The molecular formula is C25H14ClNOS. The van der Waals surface area contributed by atoms with Crippen LogP contribution < -0.4 is 0 Å². The first-order valence-corrected chi connectivity index (χ1v) is 10.5. The summed E-state index contributed by atoms with van der Waals surface area (Å²) in [6, 6.07) is 28.8. The van der Waals surface area contributed by atoms with Crippen LogP contribution in [0.25, 0.3) is 53.9 Å². The molecule has 2 heterocycles. The molecule has 0 saturated carbocycles. The zero-order valence-corrected chi connectivity index (χ0v) is 16.8. The molecule has 0 bridgehead atoms. The van der Waals surface area contributed by atoms with Gasteiger partial charge in [-0.1, -0.05) is 72.3 Å². The number of benzene rings is 4. The van der Waals surface area contributed by atoms with Crippen LogP contribution in [-0.2, 0) is 0 Å². The summed E-state index contributed by atoms with van der Waals surface area (Å²) in [4.78, 5) is 4.74. The zero-order chi connectivity index (χ0) is 19.4. The number of hydrogen-bond acceptors (Lipinski definition) is 3. The van der Waals surface area contributed by atoms with Crippen molar-refractivity contribution < 1.29 is 4.42 Å². The van der Waals surface area contributed by atoms with E-state index in [1.807, 2.05) is 36.4 Å². The molecule has 0 aliphatic carbocycles. The van der Waals surface area contributed by atoms with Crippen LogP contribution in [-0.4, -0.2) is 4.98 Å². The van der Waals surface area contributed by atoms with E-state index < -0.39 is 0 Å². The first-order valence-electron chi connectivity index (χ1n) is 9.34. The Morgan fingerprint density at radius 3 is 2.28 bits per heavy atom. The van der Waals surface area contributed by atoms with Gasteiger partial charge >= 0.3 is 0 Å². The van der Waals surface area contributed by atoms with Gasteiger partial charge in [-0.15, -0.1) is 11.3 Å². The molecule has 29 heavy (non-hydrogen) atoms. The third-order valence-electron chi connectivity index (χ3n) is 5.20. The second-order valence-electron chi connectivity index (χ2n) is 6.97. The Morgan fingerprint density at radius 2 is 1.45 bits per heavy atom. The molecular weight excluding hydrogens is 398 g/mol. The second kappa shape index (κ2) is 6.45. The lowest BCUT2D eigenvalue weighted by molar-refractivity contribution is 0.623. The van der Waals surface area contributed by atoms with Gasteiger partial charge in [-0.2, -0.15) is 0 Å². The summed E-state index contributed by atoms with van der Waals surface area (Å²) in [6.45, 7) is 0. The standard InChI is InChI=1S/C25H14ClNOS/c26-19-14-20-23(22-18-8-4-5-9-21(18)29-24(19)22)28-25(27-20)17-12-10-16(11-13-17)15-6-2-1-3-7-15/h1-14H. The predicted molar refractivity (Wildman–Crippen MR) is 123 cm³/mol. The van der Waals surface area contributed by atoms with Gasteiger partial charge in [0.2, 0.25) is 5.89 Å². The number of aromatic nitrogens is 1. The van der Waals surface area contributed by atoms with Gasteiger partial charge in [-0.25, -0.2) is 4.98 Å². The molecule has 0 spiro atoms. The van der Waals surface area contributed by atoms with Gasteiger partial charge in [-0.3, -0.25) is 0 Å². The summed E-state index contributed by atoms with van der Waals surface area (Å²) < 4.78 is 8.51. The van der Waals surface area contributed by atoms with Gasteiger partial charge in [0.15, 0.2) is 5.58 Å². The van der Waals surface area contributed by atoms with Crippen LogP contribution in [0.4, 0.5) is 0 Å². The van der Waals surface area contributed by atoms with Crippen molar-refractivity contribution in [1.82, 2.24) is 4.98 Å². The Labute approximate surface area is 176 Å². The molecule has 0 aliphatic rings. The summed E-state index contributed by atoms with van der Waals surface area (Å²) in [5.74, 6) is 0.610. The lowest BCUT2D eigenvalue weighted by Gasteiger charge is -2.02. The van der Waals surface area contributed by atoms with E-state index in [-0.39, 0.29) is 0 Å². The van der Waals surface area contributed by atoms with E-state index in [0.29, 0.717) is 10.9 Å². The van der Waals surface area contributed by atoms with E-state index in [0.717, 1.165) is 32.1 Å². The Hall–Kier alpha value is -3.14. The van der Waals surface area contributed by atoms with Crippen LogP contribution in [0.15, 0.2) is 89.3 Å². The highest BCUT2D eigenvalue weighted by atomic mass is 35.5. The molecule has 0 atom stereocenters. The van der Waals surface area contributed by atoms with Crippen molar-refractivity contribution in [2.24, 2.45) is 0 Å². The molecule has 0 saturated heterocycles. The molecule has 4 heteroatoms. The Balaban J connectivity index is 1.53. The minimum atomic E-state index is 0.610. The van der Waals surface area contributed by atoms with Gasteiger partial charge in [0.1, 0.15) is 5.52 Å². The number of fused-ring (bicyclic) bond motifs is 5. The SMILES string of the molecule is Clc1cc2nc(-c3ccc(-c4ccccc4)cc3)oc2c2c1sc1ccccc12. The smallest absolute Gasteiger partial charge is 0.227 e. The van der Waals surface area contributed by atoms with E-state index >= 15 is 0 Å². The van der Waals surface area contributed by atoms with Crippen molar-refractivity contribution in [1.29, 1.82) is 0 Å². The average molecular weight is 412 g/mol. The molecule has 0 radical (unpaired) electrons. The quantitative estimate of drug-likeness (QED) is 0.287. The lowest BCUT2D eigenvalue weighted by Crippen LogP contribution is -1.80. The topological polar surface area (TPSA) is 26.0 Å². The van der Waals surface area contributed by atoms with Gasteiger partial charge < -0.3 is 4.42 Å². The van der Waals surface area contributed by atoms with Crippen molar-refractivity contribution >= 4 is 54.2 Å². The van der Waals surface area contributed by atoms with E-state index in [1.165, 1.54) is 15.8 Å². The Kier molecular flexibility index (Phi) is 3.73. The van der Waals surface area contributed by atoms with Crippen LogP contribution >= 0.6 is 22.9 Å². The summed E-state index contributed by atoms with van der Waals surface area (Å²) >= 11 is 8.27. The molecule has 2 aromatic heterocycles. The van der Waals surface area contributed by atoms with Gasteiger partial charge in [0.25, 0.3) is 0 Å². The fraction of sp³-hybridized carbons (Fsp3) is 0. The first kappa shape index (κ1) is 16.8. The largest absolute Gasteiger partial charge is 0.435 e. The zero-order valence-electron chi connectivity index (χ0n) is 15.2. The van der Waals surface area contributed by atoms with Crippen molar-refractivity contribution in [3.63, 3.8) is 0 Å². The summed E-state index contributed by atoms with van der Waals surface area (Å²) in [5.41, 5.74) is 4.89. The number of thiophene rings is 1. The molecule has 0 N–H and O–H groups in total. The molecule has 4 aromatic carbocycles. The van der Waals surface area contributed by atoms with Crippen LogP contribution in [0.2, 0.25) is 5.02 Å². The number of rotatable bonds is 2. The van der Waals surface area contributed by atoms with Crippen molar-refractivity contribution in [3.05, 3.63) is 90.0 Å². The molecule has 138 valence electrons. The summed E-state index contributed by atoms with van der Waals surface area (Å²) in [7, 11) is 0. The minimum Gasteiger partial charge on any atom is -0.435 e.